The Morgan fingerprint density at radius 2 is 2.22 bits per heavy atom. The summed E-state index contributed by atoms with van der Waals surface area (Å²) in [7, 11) is 2.03. The van der Waals surface area contributed by atoms with Gasteiger partial charge in [-0.1, -0.05) is 11.5 Å². The summed E-state index contributed by atoms with van der Waals surface area (Å²) in [5.41, 5.74) is 0. The van der Waals surface area contributed by atoms with Crippen molar-refractivity contribution in [1.29, 1.82) is 0 Å². The van der Waals surface area contributed by atoms with Crippen LogP contribution in [-0.4, -0.2) is 23.8 Å². The standard InChI is InChI=1S/C13H20ClN3O/c1-8(14)12-15-16-13(18-12)17(2)7-11-6-9-3-4-10(11)5-9/h8-11H,3-7H2,1-2H3. The SMILES string of the molecule is CC(Cl)c1nnc(N(C)CC2CC3CCC2C3)o1. The Labute approximate surface area is 113 Å². The molecule has 2 bridgehead atoms. The molecule has 4 atom stereocenters. The third kappa shape index (κ3) is 2.22. The number of halogens is 1. The van der Waals surface area contributed by atoms with Gasteiger partial charge in [-0.3, -0.25) is 0 Å². The van der Waals surface area contributed by atoms with Crippen molar-refractivity contribution in [3.8, 4) is 0 Å². The maximum atomic E-state index is 5.93. The van der Waals surface area contributed by atoms with Gasteiger partial charge in [-0.05, 0) is 43.9 Å². The number of rotatable bonds is 4. The molecule has 1 heterocycles. The van der Waals surface area contributed by atoms with E-state index < -0.39 is 0 Å². The molecule has 3 rings (SSSR count). The number of nitrogens with zero attached hydrogens (tertiary/aromatic N) is 3. The van der Waals surface area contributed by atoms with Crippen LogP contribution in [0.3, 0.4) is 0 Å². The lowest BCUT2D eigenvalue weighted by atomic mass is 9.88. The molecule has 0 amide bonds. The van der Waals surface area contributed by atoms with E-state index in [9.17, 15) is 0 Å². The van der Waals surface area contributed by atoms with Gasteiger partial charge in [-0.2, -0.15) is 0 Å². The van der Waals surface area contributed by atoms with Crippen molar-refractivity contribution in [2.75, 3.05) is 18.5 Å². The lowest BCUT2D eigenvalue weighted by molar-refractivity contribution is 0.332. The molecule has 18 heavy (non-hydrogen) atoms. The minimum absolute atomic E-state index is 0.220. The van der Waals surface area contributed by atoms with Crippen molar-refractivity contribution in [2.45, 2.75) is 38.0 Å². The van der Waals surface area contributed by atoms with Crippen LogP contribution in [0.2, 0.25) is 0 Å². The van der Waals surface area contributed by atoms with Crippen LogP contribution in [0, 0.1) is 17.8 Å². The number of hydrogen-bond acceptors (Lipinski definition) is 4. The number of anilines is 1. The summed E-state index contributed by atoms with van der Waals surface area (Å²) in [5.74, 6) is 3.21. The van der Waals surface area contributed by atoms with Crippen molar-refractivity contribution >= 4 is 17.6 Å². The van der Waals surface area contributed by atoms with Crippen LogP contribution >= 0.6 is 11.6 Å². The van der Waals surface area contributed by atoms with Crippen LogP contribution in [0.25, 0.3) is 0 Å². The molecule has 0 aromatic carbocycles. The largest absolute Gasteiger partial charge is 0.406 e. The second-order valence-corrected chi connectivity index (χ2v) is 6.51. The quantitative estimate of drug-likeness (QED) is 0.787. The van der Waals surface area contributed by atoms with E-state index >= 15 is 0 Å². The lowest BCUT2D eigenvalue weighted by Gasteiger charge is -2.25. The van der Waals surface area contributed by atoms with Gasteiger partial charge in [0, 0.05) is 13.6 Å². The van der Waals surface area contributed by atoms with E-state index in [1.54, 1.807) is 0 Å². The van der Waals surface area contributed by atoms with E-state index in [1.807, 2.05) is 14.0 Å². The van der Waals surface area contributed by atoms with Crippen LogP contribution in [0.5, 0.6) is 0 Å². The molecule has 2 saturated carbocycles. The first-order valence-electron chi connectivity index (χ1n) is 6.82. The average Bonchev–Trinajstić information content (AvgIpc) is 3.04. The van der Waals surface area contributed by atoms with Gasteiger partial charge in [-0.25, -0.2) is 0 Å². The Kier molecular flexibility index (Phi) is 3.22. The molecule has 0 saturated heterocycles. The third-order valence-electron chi connectivity index (χ3n) is 4.49. The lowest BCUT2D eigenvalue weighted by Crippen LogP contribution is -2.28. The number of fused-ring (bicyclic) bond motifs is 2. The van der Waals surface area contributed by atoms with E-state index in [1.165, 1.54) is 25.7 Å². The van der Waals surface area contributed by atoms with Crippen molar-refractivity contribution < 1.29 is 4.42 Å². The Hall–Kier alpha value is -0.770. The predicted molar refractivity (Wildman–Crippen MR) is 70.8 cm³/mol. The summed E-state index contributed by atoms with van der Waals surface area (Å²) in [6.45, 7) is 2.87. The molecule has 4 nitrogen and oxygen atoms in total. The molecule has 4 unspecified atom stereocenters. The zero-order chi connectivity index (χ0) is 12.7. The second kappa shape index (κ2) is 4.72. The molecule has 0 spiro atoms. The minimum Gasteiger partial charge on any atom is -0.406 e. The summed E-state index contributed by atoms with van der Waals surface area (Å²) in [4.78, 5) is 2.08. The first-order valence-corrected chi connectivity index (χ1v) is 7.25. The molecule has 5 heteroatoms. The van der Waals surface area contributed by atoms with Crippen molar-refractivity contribution in [3.05, 3.63) is 5.89 Å². The fourth-order valence-electron chi connectivity index (χ4n) is 3.57. The molecule has 0 N–H and O–H groups in total. The van der Waals surface area contributed by atoms with Crippen molar-refractivity contribution in [2.24, 2.45) is 17.8 Å². The maximum Gasteiger partial charge on any atom is 0.317 e. The van der Waals surface area contributed by atoms with Gasteiger partial charge in [0.15, 0.2) is 0 Å². The molecule has 0 radical (unpaired) electrons. The second-order valence-electron chi connectivity index (χ2n) is 5.85. The van der Waals surface area contributed by atoms with Gasteiger partial charge in [0.2, 0.25) is 5.89 Å². The monoisotopic (exact) mass is 269 g/mol. The molecule has 2 fully saturated rings. The predicted octanol–water partition coefficient (Wildman–Crippen LogP) is 3.24. The molecule has 0 aliphatic heterocycles. The van der Waals surface area contributed by atoms with Gasteiger partial charge in [0.25, 0.3) is 0 Å². The number of hydrogen-bond donors (Lipinski definition) is 0. The fraction of sp³-hybridized carbons (Fsp3) is 0.846. The minimum atomic E-state index is -0.220. The zero-order valence-electron chi connectivity index (χ0n) is 11.0. The fourth-order valence-corrected chi connectivity index (χ4v) is 3.66. The Bertz CT molecular complexity index is 420. The van der Waals surface area contributed by atoms with E-state index in [-0.39, 0.29) is 5.38 Å². The molecule has 1 aromatic heterocycles. The normalized spacial score (nSPS) is 31.8. The Balaban J connectivity index is 1.62. The van der Waals surface area contributed by atoms with Gasteiger partial charge < -0.3 is 9.32 Å². The molecular weight excluding hydrogens is 250 g/mol. The average molecular weight is 270 g/mol. The highest BCUT2D eigenvalue weighted by molar-refractivity contribution is 6.20. The summed E-state index contributed by atoms with van der Waals surface area (Å²) in [6, 6.07) is 0.597. The van der Waals surface area contributed by atoms with E-state index in [4.69, 9.17) is 16.0 Å². The first-order chi connectivity index (χ1) is 8.63. The Morgan fingerprint density at radius 1 is 1.39 bits per heavy atom. The smallest absolute Gasteiger partial charge is 0.317 e. The van der Waals surface area contributed by atoms with Crippen molar-refractivity contribution in [3.63, 3.8) is 0 Å². The molecule has 1 aromatic rings. The van der Waals surface area contributed by atoms with Crippen LogP contribution in [0.1, 0.15) is 43.9 Å². The van der Waals surface area contributed by atoms with Crippen LogP contribution < -0.4 is 4.90 Å². The van der Waals surface area contributed by atoms with Crippen LogP contribution in [0.4, 0.5) is 6.01 Å². The highest BCUT2D eigenvalue weighted by atomic mass is 35.5. The van der Waals surface area contributed by atoms with E-state index in [0.29, 0.717) is 11.9 Å². The molecular formula is C13H20ClN3O. The number of alkyl halides is 1. The first kappa shape index (κ1) is 12.3. The summed E-state index contributed by atoms with van der Waals surface area (Å²) >= 11 is 5.93. The summed E-state index contributed by atoms with van der Waals surface area (Å²) in [6.07, 6.45) is 5.67. The zero-order valence-corrected chi connectivity index (χ0v) is 11.7. The highest BCUT2D eigenvalue weighted by Gasteiger charge is 2.40. The van der Waals surface area contributed by atoms with Crippen molar-refractivity contribution in [1.82, 2.24) is 10.2 Å². The van der Waals surface area contributed by atoms with Crippen LogP contribution in [0.15, 0.2) is 4.42 Å². The summed E-state index contributed by atoms with van der Waals surface area (Å²) < 4.78 is 5.57. The van der Waals surface area contributed by atoms with Crippen LogP contribution in [-0.2, 0) is 0 Å². The Morgan fingerprint density at radius 3 is 2.78 bits per heavy atom. The highest BCUT2D eigenvalue weighted by Crippen LogP contribution is 2.48. The van der Waals surface area contributed by atoms with Gasteiger partial charge in [0.1, 0.15) is 5.38 Å². The van der Waals surface area contributed by atoms with Gasteiger partial charge >= 0.3 is 6.01 Å². The molecule has 2 aliphatic carbocycles. The van der Waals surface area contributed by atoms with Gasteiger partial charge in [0.05, 0.1) is 0 Å². The maximum absolute atomic E-state index is 5.93. The van der Waals surface area contributed by atoms with E-state index in [2.05, 4.69) is 15.1 Å². The number of aromatic nitrogens is 2. The summed E-state index contributed by atoms with van der Waals surface area (Å²) in [5, 5.41) is 7.82. The van der Waals surface area contributed by atoms with Gasteiger partial charge in [-0.15, -0.1) is 16.7 Å². The van der Waals surface area contributed by atoms with E-state index in [0.717, 1.165) is 24.3 Å². The molecule has 100 valence electrons. The third-order valence-corrected chi connectivity index (χ3v) is 4.68. The topological polar surface area (TPSA) is 42.2 Å². The molecule has 2 aliphatic rings.